The van der Waals surface area contributed by atoms with Gasteiger partial charge in [0, 0.05) is 29.4 Å². The van der Waals surface area contributed by atoms with E-state index in [0.717, 1.165) is 23.1 Å². The lowest BCUT2D eigenvalue weighted by atomic mass is 10.1. The average Bonchev–Trinajstić information content (AvgIpc) is 2.73. The monoisotopic (exact) mass is 331 g/mol. The van der Waals surface area contributed by atoms with Crippen LogP contribution < -0.4 is 9.64 Å². The van der Waals surface area contributed by atoms with E-state index >= 15 is 0 Å². The molecule has 0 saturated carbocycles. The summed E-state index contributed by atoms with van der Waals surface area (Å²) < 4.78 is 5.32. The second kappa shape index (κ2) is 5.49. The fourth-order valence-electron chi connectivity index (χ4n) is 2.14. The largest absolute Gasteiger partial charge is 0.495 e. The maximum atomic E-state index is 12.0. The summed E-state index contributed by atoms with van der Waals surface area (Å²) in [6, 6.07) is 3.68. The molecule has 18 heavy (non-hydrogen) atoms. The Kier molecular flexibility index (Phi) is 4.17. The third-order valence-corrected chi connectivity index (χ3v) is 4.50. The number of hydrogen-bond donors (Lipinski definition) is 0. The Morgan fingerprint density at radius 3 is 2.83 bits per heavy atom. The standard InChI is InChI=1S/C13H15BrClNO2/c1-8-3-11(12(18-2)5-10(8)15)16-7-9(6-14)4-13(16)17/h3,5,9H,4,6-7H2,1-2H3. The highest BCUT2D eigenvalue weighted by Gasteiger charge is 2.31. The molecule has 1 heterocycles. The number of methoxy groups -OCH3 is 1. The van der Waals surface area contributed by atoms with Crippen molar-refractivity contribution >= 4 is 39.1 Å². The molecule has 1 amide bonds. The number of rotatable bonds is 3. The minimum absolute atomic E-state index is 0.138. The molecule has 3 nitrogen and oxygen atoms in total. The minimum Gasteiger partial charge on any atom is -0.495 e. The van der Waals surface area contributed by atoms with Gasteiger partial charge in [0.05, 0.1) is 12.8 Å². The molecule has 0 bridgehead atoms. The van der Waals surface area contributed by atoms with E-state index in [1.807, 2.05) is 13.0 Å². The van der Waals surface area contributed by atoms with Crippen molar-refractivity contribution in [2.45, 2.75) is 13.3 Å². The van der Waals surface area contributed by atoms with Crippen LogP contribution in [0, 0.1) is 12.8 Å². The Balaban J connectivity index is 2.38. The van der Waals surface area contributed by atoms with Crippen LogP contribution in [0.2, 0.25) is 5.02 Å². The molecule has 2 rings (SSSR count). The van der Waals surface area contributed by atoms with E-state index in [4.69, 9.17) is 16.3 Å². The van der Waals surface area contributed by atoms with Gasteiger partial charge in [-0.25, -0.2) is 0 Å². The van der Waals surface area contributed by atoms with Crippen LogP contribution in [0.25, 0.3) is 0 Å². The number of nitrogens with zero attached hydrogens (tertiary/aromatic N) is 1. The number of halogens is 2. The predicted octanol–water partition coefficient (Wildman–Crippen LogP) is 3.40. The van der Waals surface area contributed by atoms with E-state index in [-0.39, 0.29) is 5.91 Å². The summed E-state index contributed by atoms with van der Waals surface area (Å²) in [4.78, 5) is 13.8. The zero-order valence-electron chi connectivity index (χ0n) is 10.4. The molecule has 1 atom stereocenters. The highest BCUT2D eigenvalue weighted by molar-refractivity contribution is 9.09. The number of carbonyl (C=O) groups excluding carboxylic acids is 1. The topological polar surface area (TPSA) is 29.5 Å². The van der Waals surface area contributed by atoms with Crippen molar-refractivity contribution in [3.63, 3.8) is 0 Å². The molecule has 0 spiro atoms. The molecule has 1 fully saturated rings. The highest BCUT2D eigenvalue weighted by atomic mass is 79.9. The predicted molar refractivity (Wildman–Crippen MR) is 77.0 cm³/mol. The molecule has 1 aromatic carbocycles. The number of ether oxygens (including phenoxy) is 1. The van der Waals surface area contributed by atoms with Gasteiger partial charge in [0.25, 0.3) is 0 Å². The summed E-state index contributed by atoms with van der Waals surface area (Å²) in [5, 5.41) is 1.49. The molecular weight excluding hydrogens is 318 g/mol. The number of aryl methyl sites for hydroxylation is 1. The molecule has 1 unspecified atom stereocenters. The van der Waals surface area contributed by atoms with Crippen LogP contribution in [0.4, 0.5) is 5.69 Å². The van der Waals surface area contributed by atoms with Gasteiger partial charge in [-0.1, -0.05) is 27.5 Å². The maximum absolute atomic E-state index is 12.0. The molecule has 1 saturated heterocycles. The fraction of sp³-hybridized carbons (Fsp3) is 0.462. The van der Waals surface area contributed by atoms with Crippen molar-refractivity contribution in [3.8, 4) is 5.75 Å². The van der Waals surface area contributed by atoms with E-state index in [1.165, 1.54) is 0 Å². The van der Waals surface area contributed by atoms with Crippen LogP contribution in [0.15, 0.2) is 12.1 Å². The lowest BCUT2D eigenvalue weighted by Crippen LogP contribution is -2.25. The van der Waals surface area contributed by atoms with Gasteiger partial charge < -0.3 is 9.64 Å². The third-order valence-electron chi connectivity index (χ3n) is 3.17. The summed E-state index contributed by atoms with van der Waals surface area (Å²) in [5.74, 6) is 1.15. The molecule has 1 aliphatic heterocycles. The van der Waals surface area contributed by atoms with Crippen LogP contribution in [0.3, 0.4) is 0 Å². The van der Waals surface area contributed by atoms with Crippen molar-refractivity contribution in [2.75, 3.05) is 23.9 Å². The second-order valence-corrected chi connectivity index (χ2v) is 5.56. The lowest BCUT2D eigenvalue weighted by molar-refractivity contribution is -0.117. The first kappa shape index (κ1) is 13.7. The molecule has 0 radical (unpaired) electrons. The van der Waals surface area contributed by atoms with Crippen LogP contribution in [0.5, 0.6) is 5.75 Å². The zero-order valence-corrected chi connectivity index (χ0v) is 12.7. The fourth-order valence-corrected chi connectivity index (χ4v) is 2.73. The quantitative estimate of drug-likeness (QED) is 0.794. The zero-order chi connectivity index (χ0) is 13.3. The Hall–Kier alpha value is -0.740. The number of amides is 1. The van der Waals surface area contributed by atoms with Gasteiger partial charge >= 0.3 is 0 Å². The van der Waals surface area contributed by atoms with Crippen molar-refractivity contribution in [3.05, 3.63) is 22.7 Å². The summed E-state index contributed by atoms with van der Waals surface area (Å²) in [5.41, 5.74) is 1.76. The molecule has 0 aliphatic carbocycles. The summed E-state index contributed by atoms with van der Waals surface area (Å²) in [7, 11) is 1.59. The van der Waals surface area contributed by atoms with Crippen molar-refractivity contribution in [2.24, 2.45) is 5.92 Å². The van der Waals surface area contributed by atoms with Gasteiger partial charge in [-0.15, -0.1) is 0 Å². The second-order valence-electron chi connectivity index (χ2n) is 4.50. The van der Waals surface area contributed by atoms with E-state index in [1.54, 1.807) is 18.1 Å². The molecule has 0 N–H and O–H groups in total. The SMILES string of the molecule is COc1cc(Cl)c(C)cc1N1CC(CBr)CC1=O. The number of hydrogen-bond acceptors (Lipinski definition) is 2. The highest BCUT2D eigenvalue weighted by Crippen LogP contribution is 2.37. The van der Waals surface area contributed by atoms with E-state index in [9.17, 15) is 4.79 Å². The summed E-state index contributed by atoms with van der Waals surface area (Å²) in [6.07, 6.45) is 0.579. The van der Waals surface area contributed by atoms with Crippen LogP contribution >= 0.6 is 27.5 Å². The molecule has 5 heteroatoms. The van der Waals surface area contributed by atoms with Crippen LogP contribution in [0.1, 0.15) is 12.0 Å². The molecule has 98 valence electrons. The molecular formula is C13H15BrClNO2. The first-order chi connectivity index (χ1) is 8.56. The van der Waals surface area contributed by atoms with E-state index < -0.39 is 0 Å². The van der Waals surface area contributed by atoms with Crippen molar-refractivity contribution in [1.29, 1.82) is 0 Å². The molecule has 0 aromatic heterocycles. The van der Waals surface area contributed by atoms with E-state index in [2.05, 4.69) is 15.9 Å². The van der Waals surface area contributed by atoms with Gasteiger partial charge in [0.2, 0.25) is 5.91 Å². The Morgan fingerprint density at radius 2 is 2.28 bits per heavy atom. The Morgan fingerprint density at radius 1 is 1.56 bits per heavy atom. The van der Waals surface area contributed by atoms with E-state index in [0.29, 0.717) is 23.1 Å². The van der Waals surface area contributed by atoms with Crippen LogP contribution in [-0.2, 0) is 4.79 Å². The van der Waals surface area contributed by atoms with Crippen LogP contribution in [-0.4, -0.2) is 24.9 Å². The normalized spacial score (nSPS) is 19.4. The number of anilines is 1. The van der Waals surface area contributed by atoms with Gasteiger partial charge in [0.15, 0.2) is 0 Å². The molecule has 1 aromatic rings. The third kappa shape index (κ3) is 2.50. The van der Waals surface area contributed by atoms with Crippen molar-refractivity contribution < 1.29 is 9.53 Å². The lowest BCUT2D eigenvalue weighted by Gasteiger charge is -2.20. The molecule has 1 aliphatic rings. The van der Waals surface area contributed by atoms with Crippen molar-refractivity contribution in [1.82, 2.24) is 0 Å². The smallest absolute Gasteiger partial charge is 0.227 e. The summed E-state index contributed by atoms with van der Waals surface area (Å²) >= 11 is 9.51. The average molecular weight is 333 g/mol. The van der Waals surface area contributed by atoms with Gasteiger partial charge in [0.1, 0.15) is 5.75 Å². The summed E-state index contributed by atoms with van der Waals surface area (Å²) in [6.45, 7) is 2.65. The first-order valence-corrected chi connectivity index (χ1v) is 7.27. The van der Waals surface area contributed by atoms with Gasteiger partial charge in [-0.3, -0.25) is 4.79 Å². The maximum Gasteiger partial charge on any atom is 0.227 e. The number of alkyl halides is 1. The Labute approximate surface area is 120 Å². The first-order valence-electron chi connectivity index (χ1n) is 5.77. The number of carbonyl (C=O) groups is 1. The van der Waals surface area contributed by atoms with Gasteiger partial charge in [-0.05, 0) is 24.5 Å². The number of benzene rings is 1. The van der Waals surface area contributed by atoms with Gasteiger partial charge in [-0.2, -0.15) is 0 Å². The minimum atomic E-state index is 0.138. The Bertz CT molecular complexity index is 478.